The molecule has 1 heterocycles. The monoisotopic (exact) mass is 270 g/mol. The lowest BCUT2D eigenvalue weighted by Gasteiger charge is -2.29. The molecule has 0 spiro atoms. The minimum atomic E-state index is 0.117. The van der Waals surface area contributed by atoms with Crippen LogP contribution in [0.1, 0.15) is 46.6 Å². The van der Waals surface area contributed by atoms with Gasteiger partial charge in [-0.05, 0) is 50.1 Å². The summed E-state index contributed by atoms with van der Waals surface area (Å²) in [6, 6.07) is 8.51. The molecule has 2 aromatic rings. The van der Waals surface area contributed by atoms with Crippen LogP contribution in [0.2, 0.25) is 0 Å². The molecule has 0 unspecified atom stereocenters. The molecular formula is C18H26N2. The van der Waals surface area contributed by atoms with Crippen molar-refractivity contribution in [3.63, 3.8) is 0 Å². The fraction of sp³-hybridized carbons (Fsp3) is 0.500. The van der Waals surface area contributed by atoms with Gasteiger partial charge in [-0.25, -0.2) is 0 Å². The molecule has 0 bridgehead atoms. The van der Waals surface area contributed by atoms with Crippen molar-refractivity contribution in [2.75, 3.05) is 6.54 Å². The van der Waals surface area contributed by atoms with E-state index in [1.165, 1.54) is 16.3 Å². The average Bonchev–Trinajstić information content (AvgIpc) is 2.36. The minimum Gasteiger partial charge on any atom is -0.312 e. The third-order valence-corrected chi connectivity index (χ3v) is 3.80. The summed E-state index contributed by atoms with van der Waals surface area (Å²) in [5, 5.41) is 6.12. The third-order valence-electron chi connectivity index (χ3n) is 3.80. The molecule has 0 saturated heterocycles. The highest BCUT2D eigenvalue weighted by molar-refractivity contribution is 5.85. The zero-order valence-corrected chi connectivity index (χ0v) is 13.3. The van der Waals surface area contributed by atoms with Gasteiger partial charge in [0, 0.05) is 23.3 Å². The standard InChI is InChI=1S/C18H26N2/c1-17(2,3)20-11-10-18(4,5)16-13-19-12-14-8-6-7-9-15(14)16/h6-9,12-13,20H,10-11H2,1-5H3. The Morgan fingerprint density at radius 3 is 2.40 bits per heavy atom. The lowest BCUT2D eigenvalue weighted by atomic mass is 9.80. The van der Waals surface area contributed by atoms with E-state index < -0.39 is 0 Å². The molecule has 2 nitrogen and oxygen atoms in total. The van der Waals surface area contributed by atoms with Gasteiger partial charge in [-0.15, -0.1) is 0 Å². The highest BCUT2D eigenvalue weighted by Crippen LogP contribution is 2.32. The predicted octanol–water partition coefficient (Wildman–Crippen LogP) is 4.29. The van der Waals surface area contributed by atoms with Gasteiger partial charge < -0.3 is 5.32 Å². The SMILES string of the molecule is CC(C)(C)NCCC(C)(C)c1cncc2ccccc12. The van der Waals surface area contributed by atoms with Crippen LogP contribution in [0.25, 0.3) is 10.8 Å². The molecule has 1 aromatic carbocycles. The molecule has 0 aliphatic carbocycles. The Hall–Kier alpha value is -1.41. The van der Waals surface area contributed by atoms with Crippen molar-refractivity contribution in [1.29, 1.82) is 0 Å². The zero-order chi connectivity index (χ0) is 14.8. The summed E-state index contributed by atoms with van der Waals surface area (Å²) in [5.41, 5.74) is 1.63. The lowest BCUT2D eigenvalue weighted by Crippen LogP contribution is -2.38. The number of nitrogens with zero attached hydrogens (tertiary/aromatic N) is 1. The molecule has 0 amide bonds. The van der Waals surface area contributed by atoms with E-state index in [9.17, 15) is 0 Å². The number of hydrogen-bond acceptors (Lipinski definition) is 2. The summed E-state index contributed by atoms with van der Waals surface area (Å²) in [6.45, 7) is 12.2. The molecule has 108 valence electrons. The smallest absolute Gasteiger partial charge is 0.0346 e. The first-order valence-corrected chi connectivity index (χ1v) is 7.38. The van der Waals surface area contributed by atoms with E-state index in [0.29, 0.717) is 0 Å². The van der Waals surface area contributed by atoms with Gasteiger partial charge >= 0.3 is 0 Å². The summed E-state index contributed by atoms with van der Waals surface area (Å²) in [7, 11) is 0. The van der Waals surface area contributed by atoms with Gasteiger partial charge in [0.1, 0.15) is 0 Å². The van der Waals surface area contributed by atoms with Gasteiger partial charge in [0.2, 0.25) is 0 Å². The zero-order valence-electron chi connectivity index (χ0n) is 13.3. The second-order valence-corrected chi connectivity index (χ2v) is 7.22. The molecule has 0 atom stereocenters. The van der Waals surface area contributed by atoms with Crippen LogP contribution >= 0.6 is 0 Å². The Morgan fingerprint density at radius 1 is 1.00 bits per heavy atom. The molecule has 1 N–H and O–H groups in total. The van der Waals surface area contributed by atoms with Gasteiger partial charge in [0.15, 0.2) is 0 Å². The fourth-order valence-corrected chi connectivity index (χ4v) is 2.54. The largest absolute Gasteiger partial charge is 0.312 e. The summed E-state index contributed by atoms with van der Waals surface area (Å²) < 4.78 is 0. The number of nitrogens with one attached hydrogen (secondary N) is 1. The number of fused-ring (bicyclic) bond motifs is 1. The van der Waals surface area contributed by atoms with Crippen LogP contribution < -0.4 is 5.32 Å². The first-order chi connectivity index (χ1) is 9.30. The van der Waals surface area contributed by atoms with E-state index in [0.717, 1.165) is 13.0 Å². The van der Waals surface area contributed by atoms with Gasteiger partial charge in [-0.3, -0.25) is 4.98 Å². The van der Waals surface area contributed by atoms with Crippen LogP contribution in [-0.2, 0) is 5.41 Å². The number of hydrogen-bond donors (Lipinski definition) is 1. The average molecular weight is 270 g/mol. The molecule has 0 radical (unpaired) electrons. The van der Waals surface area contributed by atoms with Crippen molar-refractivity contribution in [2.45, 2.75) is 52.0 Å². The van der Waals surface area contributed by atoms with E-state index >= 15 is 0 Å². The third kappa shape index (κ3) is 3.57. The second-order valence-electron chi connectivity index (χ2n) is 7.22. The molecule has 1 aromatic heterocycles. The molecule has 2 heteroatoms. The normalized spacial score (nSPS) is 12.8. The van der Waals surface area contributed by atoms with Crippen LogP contribution in [0.5, 0.6) is 0 Å². The quantitative estimate of drug-likeness (QED) is 0.896. The molecule has 20 heavy (non-hydrogen) atoms. The summed E-state index contributed by atoms with van der Waals surface area (Å²) in [5.74, 6) is 0. The van der Waals surface area contributed by atoms with Gasteiger partial charge in [0.25, 0.3) is 0 Å². The van der Waals surface area contributed by atoms with E-state index in [4.69, 9.17) is 0 Å². The number of aromatic nitrogens is 1. The summed E-state index contributed by atoms with van der Waals surface area (Å²) in [4.78, 5) is 4.42. The molecular weight excluding hydrogens is 244 g/mol. The number of rotatable bonds is 4. The number of pyridine rings is 1. The van der Waals surface area contributed by atoms with Crippen LogP contribution in [-0.4, -0.2) is 17.1 Å². The lowest BCUT2D eigenvalue weighted by molar-refractivity contribution is 0.380. The van der Waals surface area contributed by atoms with E-state index in [1.54, 1.807) is 0 Å². The summed E-state index contributed by atoms with van der Waals surface area (Å²) >= 11 is 0. The van der Waals surface area contributed by atoms with Crippen molar-refractivity contribution in [1.82, 2.24) is 10.3 Å². The minimum absolute atomic E-state index is 0.117. The molecule has 0 saturated carbocycles. The van der Waals surface area contributed by atoms with Crippen molar-refractivity contribution >= 4 is 10.8 Å². The molecule has 0 fully saturated rings. The number of benzene rings is 1. The highest BCUT2D eigenvalue weighted by atomic mass is 14.9. The van der Waals surface area contributed by atoms with Crippen LogP contribution in [0.3, 0.4) is 0 Å². The summed E-state index contributed by atoms with van der Waals surface area (Å²) in [6.07, 6.45) is 5.07. The Labute approximate surface area is 122 Å². The van der Waals surface area contributed by atoms with Crippen LogP contribution in [0.4, 0.5) is 0 Å². The van der Waals surface area contributed by atoms with Gasteiger partial charge in [-0.2, -0.15) is 0 Å². The maximum atomic E-state index is 4.42. The second kappa shape index (κ2) is 5.53. The topological polar surface area (TPSA) is 24.9 Å². The molecule has 0 aliphatic heterocycles. The van der Waals surface area contributed by atoms with Crippen molar-refractivity contribution in [3.05, 3.63) is 42.2 Å². The van der Waals surface area contributed by atoms with Crippen LogP contribution in [0, 0.1) is 0 Å². The molecule has 2 rings (SSSR count). The Balaban J connectivity index is 2.23. The molecule has 0 aliphatic rings. The van der Waals surface area contributed by atoms with E-state index in [2.05, 4.69) is 69.2 Å². The Bertz CT molecular complexity index is 574. The predicted molar refractivity (Wildman–Crippen MR) is 87.1 cm³/mol. The Morgan fingerprint density at radius 2 is 1.70 bits per heavy atom. The van der Waals surface area contributed by atoms with Gasteiger partial charge in [0.05, 0.1) is 0 Å². The van der Waals surface area contributed by atoms with E-state index in [1.807, 2.05) is 12.4 Å². The maximum Gasteiger partial charge on any atom is 0.0346 e. The van der Waals surface area contributed by atoms with Crippen molar-refractivity contribution in [2.24, 2.45) is 0 Å². The Kier molecular flexibility index (Phi) is 4.14. The first-order valence-electron chi connectivity index (χ1n) is 7.38. The van der Waals surface area contributed by atoms with Crippen molar-refractivity contribution in [3.8, 4) is 0 Å². The highest BCUT2D eigenvalue weighted by Gasteiger charge is 2.23. The van der Waals surface area contributed by atoms with E-state index in [-0.39, 0.29) is 11.0 Å². The van der Waals surface area contributed by atoms with Crippen molar-refractivity contribution < 1.29 is 0 Å². The first kappa shape index (κ1) is 15.0. The maximum absolute atomic E-state index is 4.42. The van der Waals surface area contributed by atoms with Crippen LogP contribution in [0.15, 0.2) is 36.7 Å². The fourth-order valence-electron chi connectivity index (χ4n) is 2.54. The van der Waals surface area contributed by atoms with Gasteiger partial charge in [-0.1, -0.05) is 38.1 Å².